The predicted molar refractivity (Wildman–Crippen MR) is 124 cm³/mol. The third-order valence-electron chi connectivity index (χ3n) is 6.57. The minimum absolute atomic E-state index is 0.228. The van der Waals surface area contributed by atoms with Crippen molar-refractivity contribution in [1.29, 1.82) is 0 Å². The quantitative estimate of drug-likeness (QED) is 0.460. The van der Waals surface area contributed by atoms with Gasteiger partial charge in [-0.3, -0.25) is 9.78 Å². The predicted octanol–water partition coefficient (Wildman–Crippen LogP) is 3.66. The number of ether oxygens (including phenoxy) is 1. The molecule has 1 N–H and O–H groups in total. The number of benzene rings is 1. The standard InChI is InChI=1S/C24H24N4O3S/c1-31-19-5-2-4-16-17(19)8-7-15-12-28(13-18(15)16)11-10-26-24(30)23-22(27-14-29)21-20(32-23)6-3-9-25-21/h2-6,9,15,18H,7-8,10-13H2,1H3,(H,26,30)/t15-,18+/m0/s1. The minimum Gasteiger partial charge on any atom is -0.496 e. The number of hydrogen-bond donors (Lipinski definition) is 1. The van der Waals surface area contributed by atoms with Crippen molar-refractivity contribution in [2.75, 3.05) is 33.3 Å². The largest absolute Gasteiger partial charge is 0.496 e. The second-order valence-electron chi connectivity index (χ2n) is 8.28. The van der Waals surface area contributed by atoms with Crippen LogP contribution in [-0.4, -0.2) is 55.2 Å². The van der Waals surface area contributed by atoms with E-state index in [4.69, 9.17) is 4.74 Å². The van der Waals surface area contributed by atoms with Crippen molar-refractivity contribution in [1.82, 2.24) is 15.2 Å². The van der Waals surface area contributed by atoms with Gasteiger partial charge >= 0.3 is 0 Å². The Kier molecular flexibility index (Phi) is 5.74. The van der Waals surface area contributed by atoms with Crippen LogP contribution in [0.2, 0.25) is 0 Å². The van der Waals surface area contributed by atoms with Gasteiger partial charge in [0.2, 0.25) is 6.08 Å². The van der Waals surface area contributed by atoms with Crippen molar-refractivity contribution in [2.45, 2.75) is 18.8 Å². The van der Waals surface area contributed by atoms with Gasteiger partial charge in [-0.15, -0.1) is 11.3 Å². The van der Waals surface area contributed by atoms with Crippen LogP contribution < -0.4 is 10.1 Å². The summed E-state index contributed by atoms with van der Waals surface area (Å²) < 4.78 is 6.40. The number of aliphatic imine (C=N–C) groups is 1. The van der Waals surface area contributed by atoms with E-state index in [2.05, 4.69) is 32.3 Å². The number of nitrogens with one attached hydrogen (secondary N) is 1. The number of hydrogen-bond acceptors (Lipinski definition) is 7. The molecule has 7 nitrogen and oxygen atoms in total. The Morgan fingerprint density at radius 3 is 3.09 bits per heavy atom. The molecular weight excluding hydrogens is 424 g/mol. The summed E-state index contributed by atoms with van der Waals surface area (Å²) in [5.41, 5.74) is 3.63. The molecule has 2 aliphatic rings. The second-order valence-corrected chi connectivity index (χ2v) is 9.33. The van der Waals surface area contributed by atoms with Crippen LogP contribution in [0.1, 0.15) is 33.1 Å². The molecule has 1 aromatic carbocycles. The van der Waals surface area contributed by atoms with Crippen molar-refractivity contribution in [3.63, 3.8) is 0 Å². The molecule has 0 saturated carbocycles. The first-order chi connectivity index (χ1) is 15.7. The lowest BCUT2D eigenvalue weighted by molar-refractivity contribution is 0.0954. The maximum atomic E-state index is 12.8. The highest BCUT2D eigenvalue weighted by Crippen LogP contribution is 2.44. The fourth-order valence-electron chi connectivity index (χ4n) is 5.13. The summed E-state index contributed by atoms with van der Waals surface area (Å²) in [6, 6.07) is 10.0. The number of fused-ring (bicyclic) bond motifs is 4. The highest BCUT2D eigenvalue weighted by molar-refractivity contribution is 7.21. The van der Waals surface area contributed by atoms with Gasteiger partial charge in [-0.2, -0.15) is 4.99 Å². The molecule has 0 unspecified atom stereocenters. The van der Waals surface area contributed by atoms with E-state index < -0.39 is 0 Å². The fourth-order valence-corrected chi connectivity index (χ4v) is 6.15. The van der Waals surface area contributed by atoms with Gasteiger partial charge in [-0.1, -0.05) is 12.1 Å². The molecule has 1 aliphatic carbocycles. The van der Waals surface area contributed by atoms with Crippen LogP contribution in [-0.2, 0) is 11.2 Å². The molecule has 0 bridgehead atoms. The number of amides is 1. The molecule has 8 heteroatoms. The Hall–Kier alpha value is -3.06. The molecular formula is C24H24N4O3S. The molecule has 0 spiro atoms. The zero-order valence-electron chi connectivity index (χ0n) is 17.8. The zero-order valence-corrected chi connectivity index (χ0v) is 18.7. The molecule has 164 valence electrons. The van der Waals surface area contributed by atoms with Gasteiger partial charge in [0.1, 0.15) is 21.8 Å². The first kappa shape index (κ1) is 20.8. The van der Waals surface area contributed by atoms with Crippen LogP contribution in [0, 0.1) is 5.92 Å². The van der Waals surface area contributed by atoms with Crippen LogP contribution in [0.25, 0.3) is 10.2 Å². The lowest BCUT2D eigenvalue weighted by atomic mass is 9.77. The van der Waals surface area contributed by atoms with Crippen LogP contribution in [0.15, 0.2) is 41.5 Å². The van der Waals surface area contributed by atoms with E-state index in [0.717, 1.165) is 36.5 Å². The van der Waals surface area contributed by atoms with Gasteiger partial charge in [-0.05, 0) is 48.1 Å². The first-order valence-corrected chi connectivity index (χ1v) is 11.6. The Morgan fingerprint density at radius 2 is 2.25 bits per heavy atom. The highest BCUT2D eigenvalue weighted by atomic mass is 32.1. The van der Waals surface area contributed by atoms with Crippen LogP contribution in [0.5, 0.6) is 5.75 Å². The number of likely N-dealkylation sites (tertiary alicyclic amines) is 1. The molecule has 3 aromatic rings. The molecule has 3 heterocycles. The summed E-state index contributed by atoms with van der Waals surface area (Å²) in [4.78, 5) is 34.5. The number of thiophene rings is 1. The van der Waals surface area contributed by atoms with Crippen LogP contribution >= 0.6 is 11.3 Å². The Bertz CT molecular complexity index is 1220. The van der Waals surface area contributed by atoms with E-state index in [1.165, 1.54) is 28.9 Å². The second kappa shape index (κ2) is 8.82. The van der Waals surface area contributed by atoms with E-state index >= 15 is 0 Å². The van der Waals surface area contributed by atoms with Gasteiger partial charge in [0, 0.05) is 38.3 Å². The average Bonchev–Trinajstić information content (AvgIpc) is 3.40. The van der Waals surface area contributed by atoms with Crippen molar-refractivity contribution in [3.05, 3.63) is 52.5 Å². The number of aromatic nitrogens is 1. The summed E-state index contributed by atoms with van der Waals surface area (Å²) >= 11 is 1.29. The summed E-state index contributed by atoms with van der Waals surface area (Å²) in [5, 5.41) is 3.00. The number of carbonyl (C=O) groups is 1. The summed E-state index contributed by atoms with van der Waals surface area (Å²) in [5.74, 6) is 1.94. The SMILES string of the molecule is COc1cccc2c1CC[C@H]1CN(CCNC(=O)c3sc4cccnc4c3N=C=O)C[C@@H]21. The van der Waals surface area contributed by atoms with E-state index in [1.807, 2.05) is 12.1 Å². The maximum absolute atomic E-state index is 12.8. The lowest BCUT2D eigenvalue weighted by Gasteiger charge is -2.28. The molecule has 1 aliphatic heterocycles. The normalized spacial score (nSPS) is 19.8. The molecule has 1 saturated heterocycles. The third kappa shape index (κ3) is 3.71. The average molecular weight is 449 g/mol. The number of methoxy groups -OCH3 is 1. The van der Waals surface area contributed by atoms with Gasteiger partial charge in [0.05, 0.1) is 11.8 Å². The van der Waals surface area contributed by atoms with E-state index in [1.54, 1.807) is 25.5 Å². The summed E-state index contributed by atoms with van der Waals surface area (Å²) in [7, 11) is 1.74. The summed E-state index contributed by atoms with van der Waals surface area (Å²) in [6.07, 6.45) is 5.40. The van der Waals surface area contributed by atoms with Crippen molar-refractivity contribution >= 4 is 39.2 Å². The molecule has 2 atom stereocenters. The first-order valence-electron chi connectivity index (χ1n) is 10.8. The van der Waals surface area contributed by atoms with E-state index in [9.17, 15) is 9.59 Å². The number of carbonyl (C=O) groups excluding carboxylic acids is 2. The molecule has 2 aromatic heterocycles. The number of rotatable bonds is 6. The zero-order chi connectivity index (χ0) is 22.1. The lowest BCUT2D eigenvalue weighted by Crippen LogP contribution is -2.33. The van der Waals surface area contributed by atoms with E-state index in [0.29, 0.717) is 34.5 Å². The van der Waals surface area contributed by atoms with Gasteiger partial charge < -0.3 is 15.0 Å². The Morgan fingerprint density at radius 1 is 1.34 bits per heavy atom. The molecule has 0 radical (unpaired) electrons. The van der Waals surface area contributed by atoms with Gasteiger partial charge in [0.15, 0.2) is 0 Å². The minimum atomic E-state index is -0.228. The van der Waals surface area contributed by atoms with Crippen molar-refractivity contribution in [2.24, 2.45) is 10.9 Å². The summed E-state index contributed by atoms with van der Waals surface area (Å²) in [6.45, 7) is 3.36. The van der Waals surface area contributed by atoms with Crippen LogP contribution in [0.3, 0.4) is 0 Å². The number of isocyanates is 1. The smallest absolute Gasteiger partial charge is 0.263 e. The Labute approximate surface area is 190 Å². The van der Waals surface area contributed by atoms with Crippen molar-refractivity contribution < 1.29 is 14.3 Å². The maximum Gasteiger partial charge on any atom is 0.263 e. The third-order valence-corrected chi connectivity index (χ3v) is 7.70. The molecule has 5 rings (SSSR count). The topological polar surface area (TPSA) is 83.9 Å². The van der Waals surface area contributed by atoms with E-state index in [-0.39, 0.29) is 5.91 Å². The highest BCUT2D eigenvalue weighted by Gasteiger charge is 2.38. The number of nitrogens with zero attached hydrogens (tertiary/aromatic N) is 3. The molecule has 1 amide bonds. The van der Waals surface area contributed by atoms with Gasteiger partial charge in [-0.25, -0.2) is 4.79 Å². The Balaban J connectivity index is 1.23. The fraction of sp³-hybridized carbons (Fsp3) is 0.375. The van der Waals surface area contributed by atoms with Crippen LogP contribution in [0.4, 0.5) is 5.69 Å². The van der Waals surface area contributed by atoms with Crippen molar-refractivity contribution in [3.8, 4) is 5.75 Å². The molecule has 1 fully saturated rings. The molecule has 32 heavy (non-hydrogen) atoms. The van der Waals surface area contributed by atoms with Gasteiger partial charge in [0.25, 0.3) is 5.91 Å². The monoisotopic (exact) mass is 448 g/mol. The number of pyridine rings is 1.